The Kier molecular flexibility index (Phi) is 5.60. The zero-order chi connectivity index (χ0) is 18.5. The summed E-state index contributed by atoms with van der Waals surface area (Å²) in [5.41, 5.74) is 1.72. The van der Waals surface area contributed by atoms with Gasteiger partial charge in [0.2, 0.25) is 0 Å². The number of nitrogens with zero attached hydrogens (tertiary/aromatic N) is 3. The van der Waals surface area contributed by atoms with Gasteiger partial charge in [0.1, 0.15) is 5.03 Å². The number of nitro benzene ring substituents is 1. The van der Waals surface area contributed by atoms with Crippen LogP contribution in [0.25, 0.3) is 11.3 Å². The molecule has 0 aliphatic heterocycles. The van der Waals surface area contributed by atoms with E-state index in [-0.39, 0.29) is 17.2 Å². The largest absolute Gasteiger partial charge is 0.293 e. The molecule has 0 fully saturated rings. The predicted molar refractivity (Wildman–Crippen MR) is 101 cm³/mol. The van der Waals surface area contributed by atoms with Crippen LogP contribution in [0.5, 0.6) is 0 Å². The van der Waals surface area contributed by atoms with Crippen LogP contribution in [0.2, 0.25) is 5.02 Å². The van der Waals surface area contributed by atoms with Crippen molar-refractivity contribution < 1.29 is 9.72 Å². The molecule has 0 atom stereocenters. The summed E-state index contributed by atoms with van der Waals surface area (Å²) in [4.78, 5) is 22.5. The molecule has 3 aromatic rings. The molecule has 8 heteroatoms. The highest BCUT2D eigenvalue weighted by Crippen LogP contribution is 2.24. The Hall–Kier alpha value is -2.77. The molecule has 0 spiro atoms. The molecule has 0 N–H and O–H groups in total. The first-order chi connectivity index (χ1) is 12.5. The lowest BCUT2D eigenvalue weighted by molar-refractivity contribution is -0.384. The summed E-state index contributed by atoms with van der Waals surface area (Å²) < 4.78 is 0. The monoisotopic (exact) mass is 385 g/mol. The second kappa shape index (κ2) is 8.07. The van der Waals surface area contributed by atoms with E-state index in [9.17, 15) is 14.9 Å². The summed E-state index contributed by atoms with van der Waals surface area (Å²) in [5.74, 6) is 0.197. The highest BCUT2D eigenvalue weighted by atomic mass is 35.5. The van der Waals surface area contributed by atoms with Crippen molar-refractivity contribution in [3.63, 3.8) is 0 Å². The van der Waals surface area contributed by atoms with Gasteiger partial charge in [-0.15, -0.1) is 10.2 Å². The van der Waals surface area contributed by atoms with Crippen LogP contribution in [0.1, 0.15) is 10.4 Å². The summed E-state index contributed by atoms with van der Waals surface area (Å²) in [6.45, 7) is 0. The maximum absolute atomic E-state index is 12.1. The molecule has 26 heavy (non-hydrogen) atoms. The van der Waals surface area contributed by atoms with Crippen LogP contribution in [0.3, 0.4) is 0 Å². The van der Waals surface area contributed by atoms with Crippen molar-refractivity contribution in [2.75, 3.05) is 5.75 Å². The lowest BCUT2D eigenvalue weighted by Gasteiger charge is -2.03. The van der Waals surface area contributed by atoms with Gasteiger partial charge in [-0.1, -0.05) is 35.5 Å². The van der Waals surface area contributed by atoms with Crippen molar-refractivity contribution in [1.82, 2.24) is 10.2 Å². The molecule has 0 saturated heterocycles. The third kappa shape index (κ3) is 4.44. The smallest absolute Gasteiger partial charge is 0.270 e. The van der Waals surface area contributed by atoms with Crippen molar-refractivity contribution in [3.05, 3.63) is 81.4 Å². The summed E-state index contributed by atoms with van der Waals surface area (Å²) in [6, 6.07) is 16.4. The van der Waals surface area contributed by atoms with Gasteiger partial charge in [-0.25, -0.2) is 0 Å². The lowest BCUT2D eigenvalue weighted by Crippen LogP contribution is -2.02. The Balaban J connectivity index is 1.66. The van der Waals surface area contributed by atoms with Crippen LogP contribution in [0, 0.1) is 10.1 Å². The molecule has 0 amide bonds. The fraction of sp³-hybridized carbons (Fsp3) is 0.0556. The minimum atomic E-state index is -0.455. The molecular weight excluding hydrogens is 374 g/mol. The Morgan fingerprint density at radius 1 is 1.08 bits per heavy atom. The average Bonchev–Trinajstić information content (AvgIpc) is 2.67. The van der Waals surface area contributed by atoms with Gasteiger partial charge < -0.3 is 0 Å². The first kappa shape index (κ1) is 18.0. The number of rotatable bonds is 6. The Morgan fingerprint density at radius 2 is 1.85 bits per heavy atom. The molecule has 0 aliphatic carbocycles. The van der Waals surface area contributed by atoms with Crippen molar-refractivity contribution in [1.29, 1.82) is 0 Å². The third-order valence-electron chi connectivity index (χ3n) is 3.51. The van der Waals surface area contributed by atoms with Crippen LogP contribution in [0.4, 0.5) is 5.69 Å². The summed E-state index contributed by atoms with van der Waals surface area (Å²) >= 11 is 7.08. The predicted octanol–water partition coefficient (Wildman–Crippen LogP) is 4.68. The number of aromatic nitrogens is 2. The zero-order valence-corrected chi connectivity index (χ0v) is 14.9. The minimum Gasteiger partial charge on any atom is -0.293 e. The van der Waals surface area contributed by atoms with E-state index in [4.69, 9.17) is 11.6 Å². The molecule has 0 aliphatic rings. The quantitative estimate of drug-likeness (QED) is 0.265. The van der Waals surface area contributed by atoms with Gasteiger partial charge in [-0.2, -0.15) is 0 Å². The van der Waals surface area contributed by atoms with Crippen molar-refractivity contribution >= 4 is 34.8 Å². The van der Waals surface area contributed by atoms with Crippen LogP contribution in [0.15, 0.2) is 65.7 Å². The number of non-ortho nitro benzene ring substituents is 1. The number of hydrogen-bond donors (Lipinski definition) is 0. The number of ketones is 1. The van der Waals surface area contributed by atoms with Crippen LogP contribution in [-0.4, -0.2) is 26.7 Å². The van der Waals surface area contributed by atoms with Crippen LogP contribution in [-0.2, 0) is 0 Å². The molecular formula is C18H12ClN3O3S. The maximum atomic E-state index is 12.1. The van der Waals surface area contributed by atoms with E-state index >= 15 is 0 Å². The first-order valence-corrected chi connectivity index (χ1v) is 8.89. The van der Waals surface area contributed by atoms with Crippen LogP contribution < -0.4 is 0 Å². The maximum Gasteiger partial charge on any atom is 0.270 e. The van der Waals surface area contributed by atoms with E-state index in [0.29, 0.717) is 26.9 Å². The molecule has 0 unspecified atom stereocenters. The molecule has 3 rings (SSSR count). The molecule has 1 aromatic heterocycles. The second-order valence-electron chi connectivity index (χ2n) is 5.28. The number of benzene rings is 2. The first-order valence-electron chi connectivity index (χ1n) is 7.53. The molecule has 1 heterocycles. The van der Waals surface area contributed by atoms with Gasteiger partial charge in [-0.3, -0.25) is 14.9 Å². The Labute approximate surface area is 158 Å². The SMILES string of the molecule is O=C(CSc1ccc(-c2cccc([N+](=O)[O-])c2)nn1)c1ccc(Cl)cc1. The highest BCUT2D eigenvalue weighted by molar-refractivity contribution is 7.99. The standard InChI is InChI=1S/C18H12ClN3O3S/c19-14-6-4-12(5-7-14)17(23)11-26-18-9-8-16(20-21-18)13-2-1-3-15(10-13)22(24)25/h1-10H,11H2. The molecule has 2 aromatic carbocycles. The number of thioether (sulfide) groups is 1. The van der Waals surface area contributed by atoms with Gasteiger partial charge in [0.15, 0.2) is 5.78 Å². The number of nitro groups is 1. The number of halogens is 1. The van der Waals surface area contributed by atoms with Gasteiger partial charge in [0.05, 0.1) is 16.4 Å². The number of carbonyl (C=O) groups excluding carboxylic acids is 1. The number of carbonyl (C=O) groups is 1. The highest BCUT2D eigenvalue weighted by Gasteiger charge is 2.10. The van der Waals surface area contributed by atoms with E-state index < -0.39 is 4.92 Å². The van der Waals surface area contributed by atoms with E-state index in [1.807, 2.05) is 0 Å². The molecule has 0 bridgehead atoms. The average molecular weight is 386 g/mol. The van der Waals surface area contributed by atoms with Gasteiger partial charge >= 0.3 is 0 Å². The Bertz CT molecular complexity index is 947. The van der Waals surface area contributed by atoms with Crippen molar-refractivity contribution in [2.45, 2.75) is 5.03 Å². The van der Waals surface area contributed by atoms with Gasteiger partial charge in [0, 0.05) is 28.3 Å². The number of hydrogen-bond acceptors (Lipinski definition) is 6. The molecule has 0 radical (unpaired) electrons. The fourth-order valence-corrected chi connectivity index (χ4v) is 3.02. The van der Waals surface area contributed by atoms with Crippen molar-refractivity contribution in [3.8, 4) is 11.3 Å². The van der Waals surface area contributed by atoms with Crippen molar-refractivity contribution in [2.24, 2.45) is 0 Å². The second-order valence-corrected chi connectivity index (χ2v) is 6.72. The fourth-order valence-electron chi connectivity index (χ4n) is 2.19. The minimum absolute atomic E-state index is 0.00341. The summed E-state index contributed by atoms with van der Waals surface area (Å²) in [7, 11) is 0. The normalized spacial score (nSPS) is 10.5. The molecule has 130 valence electrons. The summed E-state index contributed by atoms with van der Waals surface area (Å²) in [5, 5.41) is 20.2. The van der Waals surface area contributed by atoms with E-state index in [0.717, 1.165) is 0 Å². The summed E-state index contributed by atoms with van der Waals surface area (Å²) in [6.07, 6.45) is 0. The van der Waals surface area contributed by atoms with E-state index in [2.05, 4.69) is 10.2 Å². The topological polar surface area (TPSA) is 86.0 Å². The van der Waals surface area contributed by atoms with Gasteiger partial charge in [0.25, 0.3) is 5.69 Å². The van der Waals surface area contributed by atoms with E-state index in [1.54, 1.807) is 48.5 Å². The Morgan fingerprint density at radius 3 is 2.50 bits per heavy atom. The lowest BCUT2D eigenvalue weighted by atomic mass is 10.1. The zero-order valence-electron chi connectivity index (χ0n) is 13.3. The van der Waals surface area contributed by atoms with Gasteiger partial charge in [-0.05, 0) is 36.4 Å². The molecule has 6 nitrogen and oxygen atoms in total. The third-order valence-corrected chi connectivity index (χ3v) is 4.68. The number of Topliss-reactive ketones (excluding diaryl/α,β-unsaturated/α-hetero) is 1. The van der Waals surface area contributed by atoms with E-state index in [1.165, 1.54) is 23.9 Å². The molecule has 0 saturated carbocycles. The van der Waals surface area contributed by atoms with Crippen LogP contribution >= 0.6 is 23.4 Å².